The van der Waals surface area contributed by atoms with E-state index in [0.29, 0.717) is 12.3 Å². The second kappa shape index (κ2) is 5.72. The molecule has 3 unspecified atom stereocenters. The number of hydrogen-bond acceptors (Lipinski definition) is 2. The molecule has 3 atom stereocenters. The summed E-state index contributed by atoms with van der Waals surface area (Å²) in [4.78, 5) is 11.5. The Bertz CT molecular complexity index is 621. The maximum Gasteiger partial charge on any atom is 0.308 e. The van der Waals surface area contributed by atoms with Gasteiger partial charge in [0, 0.05) is 6.20 Å². The third-order valence-electron chi connectivity index (χ3n) is 4.48. The Labute approximate surface area is 124 Å². The van der Waals surface area contributed by atoms with Gasteiger partial charge in [0.15, 0.2) is 0 Å². The van der Waals surface area contributed by atoms with Crippen LogP contribution in [-0.4, -0.2) is 20.9 Å². The lowest BCUT2D eigenvalue weighted by Crippen LogP contribution is -2.32. The maximum absolute atomic E-state index is 11.5. The molecular weight excluding hydrogens is 264 g/mol. The van der Waals surface area contributed by atoms with Gasteiger partial charge in [-0.2, -0.15) is 5.10 Å². The van der Waals surface area contributed by atoms with Crippen LogP contribution in [0.2, 0.25) is 0 Å². The molecule has 1 saturated carbocycles. The van der Waals surface area contributed by atoms with Crippen molar-refractivity contribution < 1.29 is 9.90 Å². The summed E-state index contributed by atoms with van der Waals surface area (Å²) in [5.74, 6) is -0.639. The average molecular weight is 284 g/mol. The first-order chi connectivity index (χ1) is 10.1. The highest BCUT2D eigenvalue weighted by atomic mass is 16.4. The molecule has 0 saturated heterocycles. The first-order valence-electron chi connectivity index (χ1n) is 7.43. The van der Waals surface area contributed by atoms with Crippen molar-refractivity contribution in [3.63, 3.8) is 0 Å². The van der Waals surface area contributed by atoms with Crippen LogP contribution in [0, 0.1) is 12.8 Å². The summed E-state index contributed by atoms with van der Waals surface area (Å²) in [6, 6.07) is 10.3. The highest BCUT2D eigenvalue weighted by Gasteiger charge is 2.37. The van der Waals surface area contributed by atoms with Crippen molar-refractivity contribution >= 4 is 5.97 Å². The molecule has 0 bridgehead atoms. The van der Waals surface area contributed by atoms with Gasteiger partial charge in [0.1, 0.15) is 0 Å². The van der Waals surface area contributed by atoms with E-state index in [1.165, 1.54) is 5.56 Å². The first kappa shape index (κ1) is 13.9. The van der Waals surface area contributed by atoms with Crippen molar-refractivity contribution in [2.75, 3.05) is 0 Å². The van der Waals surface area contributed by atoms with Gasteiger partial charge in [-0.1, -0.05) is 30.3 Å². The van der Waals surface area contributed by atoms with Gasteiger partial charge in [-0.25, -0.2) is 0 Å². The van der Waals surface area contributed by atoms with Crippen molar-refractivity contribution in [3.8, 4) is 0 Å². The van der Waals surface area contributed by atoms with Crippen molar-refractivity contribution in [2.24, 2.45) is 5.92 Å². The summed E-state index contributed by atoms with van der Waals surface area (Å²) in [5, 5.41) is 13.8. The van der Waals surface area contributed by atoms with Gasteiger partial charge in [0.05, 0.1) is 18.2 Å². The molecule has 1 aromatic heterocycles. The maximum atomic E-state index is 11.5. The molecule has 0 spiro atoms. The Balaban J connectivity index is 1.87. The summed E-state index contributed by atoms with van der Waals surface area (Å²) < 4.78 is 1.85. The Morgan fingerprint density at radius 3 is 2.67 bits per heavy atom. The molecule has 110 valence electrons. The minimum absolute atomic E-state index is 0.0600. The lowest BCUT2D eigenvalue weighted by Gasteiger charge is -2.34. The second-order valence-electron chi connectivity index (χ2n) is 5.93. The molecule has 1 N–H and O–H groups in total. The summed E-state index contributed by atoms with van der Waals surface area (Å²) in [7, 11) is 0. The molecule has 0 radical (unpaired) electrons. The van der Waals surface area contributed by atoms with E-state index in [-0.39, 0.29) is 12.0 Å². The molecule has 1 aliphatic carbocycles. The number of aromatic nitrogens is 2. The molecule has 1 aromatic carbocycles. The summed E-state index contributed by atoms with van der Waals surface area (Å²) in [5.41, 5.74) is 2.37. The Morgan fingerprint density at radius 2 is 2.05 bits per heavy atom. The predicted molar refractivity (Wildman–Crippen MR) is 80.2 cm³/mol. The third kappa shape index (κ3) is 2.84. The lowest BCUT2D eigenvalue weighted by molar-refractivity contribution is -0.144. The highest BCUT2D eigenvalue weighted by molar-refractivity contribution is 5.70. The zero-order valence-electron chi connectivity index (χ0n) is 12.1. The van der Waals surface area contributed by atoms with E-state index < -0.39 is 5.97 Å². The fraction of sp³-hybridized carbons (Fsp3) is 0.412. The van der Waals surface area contributed by atoms with Gasteiger partial charge < -0.3 is 5.11 Å². The number of hydrogen-bond donors (Lipinski definition) is 1. The number of carboxylic acid groups (broad SMARTS) is 1. The Morgan fingerprint density at radius 1 is 1.29 bits per heavy atom. The van der Waals surface area contributed by atoms with Crippen LogP contribution in [-0.2, 0) is 4.79 Å². The molecular formula is C17H20N2O2. The monoisotopic (exact) mass is 284 g/mol. The number of rotatable bonds is 3. The number of nitrogens with zero attached hydrogens (tertiary/aromatic N) is 2. The molecule has 1 fully saturated rings. The van der Waals surface area contributed by atoms with Crippen LogP contribution in [0.3, 0.4) is 0 Å². The van der Waals surface area contributed by atoms with Gasteiger partial charge in [0.25, 0.3) is 0 Å². The van der Waals surface area contributed by atoms with Crippen molar-refractivity contribution in [1.82, 2.24) is 9.78 Å². The molecule has 4 nitrogen and oxygen atoms in total. The minimum atomic E-state index is -0.709. The van der Waals surface area contributed by atoms with E-state index in [9.17, 15) is 9.90 Å². The predicted octanol–water partition coefficient (Wildman–Crippen LogP) is 3.40. The molecule has 0 aliphatic heterocycles. The molecule has 21 heavy (non-hydrogen) atoms. The van der Waals surface area contributed by atoms with Crippen LogP contribution in [0.4, 0.5) is 0 Å². The van der Waals surface area contributed by atoms with E-state index in [1.807, 2.05) is 36.0 Å². The number of carboxylic acids is 1. The largest absolute Gasteiger partial charge is 0.481 e. The Hall–Kier alpha value is -2.10. The number of aliphatic carboxylic acids is 1. The summed E-state index contributed by atoms with van der Waals surface area (Å²) in [6.07, 6.45) is 6.22. The van der Waals surface area contributed by atoms with Gasteiger partial charge >= 0.3 is 5.97 Å². The quantitative estimate of drug-likeness (QED) is 0.939. The van der Waals surface area contributed by atoms with Gasteiger partial charge in [0.2, 0.25) is 0 Å². The minimum Gasteiger partial charge on any atom is -0.481 e. The van der Waals surface area contributed by atoms with Crippen LogP contribution in [0.25, 0.3) is 0 Å². The molecule has 2 aromatic rings. The van der Waals surface area contributed by atoms with E-state index in [0.717, 1.165) is 18.4 Å². The number of aryl methyl sites for hydroxylation is 1. The average Bonchev–Trinajstić information content (AvgIpc) is 2.94. The SMILES string of the molecule is Cc1cnn(C2CC(c3ccccc3)CCC2C(=O)O)c1. The first-order valence-corrected chi connectivity index (χ1v) is 7.43. The number of benzene rings is 1. The highest BCUT2D eigenvalue weighted by Crippen LogP contribution is 2.42. The van der Waals surface area contributed by atoms with Gasteiger partial charge in [-0.15, -0.1) is 0 Å². The third-order valence-corrected chi connectivity index (χ3v) is 4.48. The standard InChI is InChI=1S/C17H20N2O2/c1-12-10-18-19(11-12)16-9-14(7-8-15(16)17(20)21)13-5-3-2-4-6-13/h2-6,10-11,14-16H,7-9H2,1H3,(H,20,21). The van der Waals surface area contributed by atoms with Crippen molar-refractivity contribution in [3.05, 3.63) is 53.9 Å². The van der Waals surface area contributed by atoms with Crippen LogP contribution < -0.4 is 0 Å². The second-order valence-corrected chi connectivity index (χ2v) is 5.93. The van der Waals surface area contributed by atoms with E-state index in [2.05, 4.69) is 17.2 Å². The molecule has 1 heterocycles. The molecule has 3 rings (SSSR count). The van der Waals surface area contributed by atoms with Gasteiger partial charge in [-0.3, -0.25) is 9.48 Å². The van der Waals surface area contributed by atoms with Crippen molar-refractivity contribution in [1.29, 1.82) is 0 Å². The fourth-order valence-corrected chi connectivity index (χ4v) is 3.37. The zero-order chi connectivity index (χ0) is 14.8. The topological polar surface area (TPSA) is 55.1 Å². The van der Waals surface area contributed by atoms with E-state index in [1.54, 1.807) is 6.20 Å². The van der Waals surface area contributed by atoms with Crippen LogP contribution >= 0.6 is 0 Å². The zero-order valence-corrected chi connectivity index (χ0v) is 12.1. The van der Waals surface area contributed by atoms with E-state index >= 15 is 0 Å². The normalized spacial score (nSPS) is 25.7. The summed E-state index contributed by atoms with van der Waals surface area (Å²) in [6.45, 7) is 1.98. The fourth-order valence-electron chi connectivity index (χ4n) is 3.37. The van der Waals surface area contributed by atoms with Crippen LogP contribution in [0.15, 0.2) is 42.7 Å². The summed E-state index contributed by atoms with van der Waals surface area (Å²) >= 11 is 0. The van der Waals surface area contributed by atoms with Crippen LogP contribution in [0.1, 0.15) is 42.3 Å². The molecule has 4 heteroatoms. The smallest absolute Gasteiger partial charge is 0.308 e. The Kier molecular flexibility index (Phi) is 3.78. The number of carbonyl (C=O) groups is 1. The van der Waals surface area contributed by atoms with Crippen molar-refractivity contribution in [2.45, 2.75) is 38.1 Å². The molecule has 1 aliphatic rings. The van der Waals surface area contributed by atoms with Gasteiger partial charge in [-0.05, 0) is 43.2 Å². The lowest BCUT2D eigenvalue weighted by atomic mass is 9.75. The molecule has 0 amide bonds. The van der Waals surface area contributed by atoms with Crippen LogP contribution in [0.5, 0.6) is 0 Å². The van der Waals surface area contributed by atoms with E-state index in [4.69, 9.17) is 0 Å².